The number of benzene rings is 10. The van der Waals surface area contributed by atoms with E-state index in [9.17, 15) is 57.8 Å². The van der Waals surface area contributed by atoms with Crippen LogP contribution in [-0.2, 0) is 59.3 Å². The first kappa shape index (κ1) is 75.9. The lowest BCUT2D eigenvalue weighted by molar-refractivity contribution is -0.132. The van der Waals surface area contributed by atoms with Gasteiger partial charge in [0.25, 0.3) is 0 Å². The fourth-order valence-corrected chi connectivity index (χ4v) is 17.5. The highest BCUT2D eigenvalue weighted by molar-refractivity contribution is 9.10. The van der Waals surface area contributed by atoms with Crippen LogP contribution in [0.15, 0.2) is 179 Å². The lowest BCUT2D eigenvalue weighted by Crippen LogP contribution is -2.23. The van der Waals surface area contributed by atoms with Gasteiger partial charge in [0.15, 0.2) is 27.9 Å². The van der Waals surface area contributed by atoms with Crippen molar-refractivity contribution in [2.45, 2.75) is 158 Å². The van der Waals surface area contributed by atoms with Crippen LogP contribution in [0.5, 0.6) is 0 Å². The van der Waals surface area contributed by atoms with E-state index in [4.69, 9.17) is 28.3 Å². The smallest absolute Gasteiger partial charge is 0.221 e. The number of ketones is 10. The lowest BCUT2D eigenvalue weighted by atomic mass is 9.83. The molecular formula is C91H74BrN7O17. The molecule has 25 heteroatoms. The molecule has 0 spiro atoms. The van der Waals surface area contributed by atoms with E-state index in [2.05, 4.69) is 71.3 Å². The van der Waals surface area contributed by atoms with Gasteiger partial charge in [-0.25, -0.2) is 0 Å². The van der Waals surface area contributed by atoms with Gasteiger partial charge in [0.05, 0.1) is 95.2 Å². The van der Waals surface area contributed by atoms with Crippen molar-refractivity contribution < 1.29 is 80.5 Å². The number of hydrogen-bond acceptors (Lipinski definition) is 23. The lowest BCUT2D eigenvalue weighted by Gasteiger charge is -2.18. The number of nitrogens with zero attached hydrogens (tertiary/aromatic N) is 5. The fraction of sp³-hybridized carbons (Fsp3) is 0.275. The molecule has 21 rings (SSSR count). The van der Waals surface area contributed by atoms with E-state index < -0.39 is 5.92 Å². The molecular weight excluding hydrogens is 1540 g/mol. The van der Waals surface area contributed by atoms with E-state index in [1.165, 1.54) is 25.3 Å². The molecule has 6 aliphatic carbocycles. The fourth-order valence-electron chi connectivity index (χ4n) is 17.1. The molecule has 0 aliphatic heterocycles. The number of anilines is 2. The Bertz CT molecular complexity index is 6520. The van der Waals surface area contributed by atoms with E-state index in [0.717, 1.165) is 90.8 Å². The number of nitrogens with one attached hydrogen (secondary N) is 1. The largest absolute Gasteiger partial charge is 0.399 e. The average molecular weight is 1620 g/mol. The minimum Gasteiger partial charge on any atom is -0.399 e. The summed E-state index contributed by atoms with van der Waals surface area (Å²) in [6.45, 7) is 1.44. The molecule has 6 fully saturated rings. The van der Waals surface area contributed by atoms with E-state index in [0.29, 0.717) is 138 Å². The standard InChI is InChI=1S/C20H17NO3.C19H16N2O4.C18H15NO4.C17H12BrNO3.C17H14N2O3/c22-14-5-7-16(17(23)10-14)20-19-15-6-3-12(11-1-2-11)9-13(15)4-8-18(19)24-21-20;1-10(22)20-12-3-5-14-11(8-12)2-7-17-18(14)19(21-25-17)15-6-4-13(23)9-16(15)24;20-9-10-1-4-13-11(7-10)2-6-16-17(13)18(19-23-16)14-5-3-12(21)8-15(14)22;2*18-10-2-4-12-9(7-10)1-6-15-16(12)17(19-22-15)13-5-3-11(20)8-14(13)21/h3-4,6,8-9,11,16H,1-2,5,7,10H2;2-3,5,7-8,15H,4,6,9H2,1H3,(H,20,22);1-2,4,6-7,14,20H,3,5,8-9H2;1-2,4,6-7,13H,3,5,8H2;1-2,4,6-7,13H,3,5,8,18H2. The number of hydrogen-bond donors (Lipinski definition) is 3. The van der Waals surface area contributed by atoms with Crippen LogP contribution in [0.4, 0.5) is 11.4 Å². The molecule has 5 aromatic heterocycles. The summed E-state index contributed by atoms with van der Waals surface area (Å²) in [5.74, 6) is -1.54. The first-order valence-electron chi connectivity index (χ1n) is 38.8. The maximum Gasteiger partial charge on any atom is 0.221 e. The minimum atomic E-state index is -0.403. The zero-order valence-electron chi connectivity index (χ0n) is 62.8. The second kappa shape index (κ2) is 31.6. The minimum absolute atomic E-state index is 0.00324. The van der Waals surface area contributed by atoms with Crippen molar-refractivity contribution in [3.8, 4) is 0 Å². The van der Waals surface area contributed by atoms with Crippen molar-refractivity contribution in [2.75, 3.05) is 11.1 Å². The number of fused-ring (bicyclic) bond motifs is 15. The Balaban J connectivity index is 0.000000104. The number of nitrogen functional groups attached to an aromatic ring is 1. The maximum absolute atomic E-state index is 12.3. The Kier molecular flexibility index (Phi) is 20.7. The third-order valence-electron chi connectivity index (χ3n) is 23.0. The first-order valence-corrected chi connectivity index (χ1v) is 39.6. The number of carbonyl (C=O) groups is 11. The van der Waals surface area contributed by atoms with E-state index in [1.807, 2.05) is 127 Å². The van der Waals surface area contributed by atoms with Gasteiger partial charge >= 0.3 is 0 Å². The number of amides is 1. The van der Waals surface area contributed by atoms with Gasteiger partial charge in [-0.1, -0.05) is 121 Å². The molecule has 4 N–H and O–H groups in total. The summed E-state index contributed by atoms with van der Waals surface area (Å²) >= 11 is 3.47. The molecule has 15 aromatic rings. The van der Waals surface area contributed by atoms with Crippen LogP contribution < -0.4 is 11.1 Å². The second-order valence-electron chi connectivity index (χ2n) is 30.8. The summed E-state index contributed by atoms with van der Waals surface area (Å²) in [5, 5.41) is 47.1. The van der Waals surface area contributed by atoms with Crippen LogP contribution >= 0.6 is 15.9 Å². The number of aromatic nitrogens is 5. The number of carbonyl (C=O) groups excluding carboxylic acids is 11. The predicted molar refractivity (Wildman–Crippen MR) is 435 cm³/mol. The Morgan fingerprint density at radius 3 is 1.03 bits per heavy atom. The summed E-state index contributed by atoms with van der Waals surface area (Å²) in [5.41, 5.74) is 16.0. The van der Waals surface area contributed by atoms with Crippen LogP contribution in [-0.4, -0.2) is 94.6 Å². The van der Waals surface area contributed by atoms with Gasteiger partial charge in [-0.15, -0.1) is 0 Å². The van der Waals surface area contributed by atoms with Crippen LogP contribution in [0.25, 0.3) is 109 Å². The van der Waals surface area contributed by atoms with Crippen LogP contribution in [0, 0.1) is 0 Å². The number of nitrogens with two attached hydrogens (primary N) is 1. The molecule has 116 heavy (non-hydrogen) atoms. The normalized spacial score (nSPS) is 19.4. The molecule has 0 bridgehead atoms. The first-order chi connectivity index (χ1) is 56.2. The summed E-state index contributed by atoms with van der Waals surface area (Å²) in [6, 6.07) is 48.5. The molecule has 6 saturated carbocycles. The number of aliphatic hydroxyl groups is 1. The molecule has 6 aliphatic rings. The van der Waals surface area contributed by atoms with Crippen LogP contribution in [0.3, 0.4) is 0 Å². The van der Waals surface area contributed by atoms with Crippen molar-refractivity contribution in [3.63, 3.8) is 0 Å². The van der Waals surface area contributed by atoms with Gasteiger partial charge < -0.3 is 38.8 Å². The molecule has 5 heterocycles. The quantitative estimate of drug-likeness (QED) is 0.0939. The predicted octanol–water partition coefficient (Wildman–Crippen LogP) is 17.6. The van der Waals surface area contributed by atoms with Crippen molar-refractivity contribution in [1.29, 1.82) is 0 Å². The van der Waals surface area contributed by atoms with Crippen LogP contribution in [0.2, 0.25) is 0 Å². The monoisotopic (exact) mass is 1620 g/mol. The van der Waals surface area contributed by atoms with Gasteiger partial charge in [-0.2, -0.15) is 0 Å². The number of Topliss-reactive ketones (excluding diaryl/α,β-unsaturated/α-hetero) is 10. The third-order valence-corrected chi connectivity index (χ3v) is 23.5. The highest BCUT2D eigenvalue weighted by Gasteiger charge is 2.38. The van der Waals surface area contributed by atoms with Crippen molar-refractivity contribution in [2.24, 2.45) is 0 Å². The molecule has 582 valence electrons. The summed E-state index contributed by atoms with van der Waals surface area (Å²) < 4.78 is 28.1. The van der Waals surface area contributed by atoms with E-state index in [-0.39, 0.29) is 126 Å². The Hall–Kier alpha value is -12.7. The molecule has 24 nitrogen and oxygen atoms in total. The van der Waals surface area contributed by atoms with Gasteiger partial charge in [-0.3, -0.25) is 52.7 Å². The molecule has 10 aromatic carbocycles. The number of rotatable bonds is 8. The number of aliphatic hydroxyl groups excluding tert-OH is 1. The average Bonchev–Trinajstić information content (AvgIpc) is 1.60. The Morgan fingerprint density at radius 1 is 0.379 bits per heavy atom. The third kappa shape index (κ3) is 15.0. The van der Waals surface area contributed by atoms with Gasteiger partial charge in [0, 0.05) is 54.9 Å². The zero-order chi connectivity index (χ0) is 80.3. The molecule has 1 amide bonds. The van der Waals surface area contributed by atoms with E-state index in [1.54, 1.807) is 0 Å². The zero-order valence-corrected chi connectivity index (χ0v) is 64.4. The number of halogens is 1. The van der Waals surface area contributed by atoms with Crippen molar-refractivity contribution in [3.05, 3.63) is 196 Å². The van der Waals surface area contributed by atoms with Gasteiger partial charge in [-0.05, 0) is 189 Å². The van der Waals surface area contributed by atoms with Crippen LogP contribution in [0.1, 0.15) is 191 Å². The van der Waals surface area contributed by atoms with Gasteiger partial charge in [0.1, 0.15) is 86.3 Å². The topological polar surface area (TPSA) is 376 Å². The van der Waals surface area contributed by atoms with E-state index >= 15 is 0 Å². The highest BCUT2D eigenvalue weighted by Crippen LogP contribution is 2.46. The van der Waals surface area contributed by atoms with Crippen molar-refractivity contribution in [1.82, 2.24) is 25.8 Å². The summed E-state index contributed by atoms with van der Waals surface area (Å²) in [6.07, 6.45) is 7.15. The Labute approximate surface area is 667 Å². The molecule has 5 unspecified atom stereocenters. The summed E-state index contributed by atoms with van der Waals surface area (Å²) in [7, 11) is 0. The van der Waals surface area contributed by atoms with Gasteiger partial charge in [0.2, 0.25) is 5.91 Å². The van der Waals surface area contributed by atoms with Crippen molar-refractivity contribution >= 4 is 200 Å². The molecule has 5 atom stereocenters. The molecule has 0 radical (unpaired) electrons. The Morgan fingerprint density at radius 2 is 0.690 bits per heavy atom. The second-order valence-corrected chi connectivity index (χ2v) is 31.7. The SMILES string of the molecule is CC(=O)Nc1ccc2c(ccc3onc(C4CCC(=O)CC4=O)c32)c1.Nc1ccc2c(ccc3onc(C4CCC(=O)CC4=O)c32)c1.O=C1CCC(c2noc3ccc4cc(Br)ccc4c23)C(=O)C1.O=C1CCC(c2noc3ccc4cc(C5CC5)ccc4c23)C(=O)C1.O=C1CCC(c2noc3ccc4cc(CO)ccc4c23)C(=O)C1. The highest BCUT2D eigenvalue weighted by atomic mass is 79.9. The maximum atomic E-state index is 12.3. The summed E-state index contributed by atoms with van der Waals surface area (Å²) in [4.78, 5) is 130. The molecule has 0 saturated heterocycles.